The minimum atomic E-state index is -1.48. The van der Waals surface area contributed by atoms with Crippen molar-refractivity contribution >= 4 is 17.5 Å². The number of nitrogens with one attached hydrogen (secondary N) is 1. The fraction of sp³-hybridized carbons (Fsp3) is 0.333. The van der Waals surface area contributed by atoms with Gasteiger partial charge in [0.2, 0.25) is 17.5 Å². The highest BCUT2D eigenvalue weighted by Crippen LogP contribution is 2.19. The monoisotopic (exact) mass is 248 g/mol. The van der Waals surface area contributed by atoms with Crippen molar-refractivity contribution in [1.29, 1.82) is 5.26 Å². The Bertz CT molecular complexity index is 499. The molecule has 6 nitrogen and oxygen atoms in total. The molecule has 1 aliphatic carbocycles. The van der Waals surface area contributed by atoms with Gasteiger partial charge in [-0.15, -0.1) is 0 Å². The van der Waals surface area contributed by atoms with Crippen LogP contribution < -0.4 is 5.32 Å². The fourth-order valence-corrected chi connectivity index (χ4v) is 1.59. The predicted octanol–water partition coefficient (Wildman–Crippen LogP) is -0.598. The standard InChI is InChI=1S/C12H12N2O4/c1-8(16)14-12(6-13,7-15)5-9-2-3-10(17)11(18)4-9/h2-4,15H,5,7H2,1H3,(H,14,16). The van der Waals surface area contributed by atoms with Crippen LogP contribution in [0.5, 0.6) is 0 Å². The second-order valence-corrected chi connectivity index (χ2v) is 3.99. The Morgan fingerprint density at radius 3 is 2.56 bits per heavy atom. The zero-order valence-electron chi connectivity index (χ0n) is 9.77. The SMILES string of the molecule is CC(=O)NC(C#N)(CO)CC1=CC(=O)C(=O)C=C1. The number of nitriles is 1. The van der Waals surface area contributed by atoms with Crippen LogP contribution in [0, 0.1) is 11.3 Å². The number of hydrogen-bond acceptors (Lipinski definition) is 5. The maximum Gasteiger partial charge on any atom is 0.225 e. The Balaban J connectivity index is 2.93. The molecule has 0 saturated heterocycles. The molecule has 0 fully saturated rings. The van der Waals surface area contributed by atoms with Crippen molar-refractivity contribution in [1.82, 2.24) is 5.32 Å². The quantitative estimate of drug-likeness (QED) is 0.510. The van der Waals surface area contributed by atoms with Gasteiger partial charge >= 0.3 is 0 Å². The molecule has 0 saturated carbocycles. The third-order valence-electron chi connectivity index (χ3n) is 2.41. The minimum absolute atomic E-state index is 0.0465. The number of rotatable bonds is 4. The molecule has 0 aliphatic heterocycles. The number of carbonyl (C=O) groups excluding carboxylic acids is 3. The maximum atomic E-state index is 11.2. The van der Waals surface area contributed by atoms with Gasteiger partial charge in [0.05, 0.1) is 12.7 Å². The lowest BCUT2D eigenvalue weighted by molar-refractivity contribution is -0.131. The van der Waals surface area contributed by atoms with Crippen molar-refractivity contribution in [2.75, 3.05) is 6.61 Å². The second kappa shape index (κ2) is 5.38. The molecule has 1 unspecified atom stereocenters. The Labute approximate surface area is 104 Å². The maximum absolute atomic E-state index is 11.2. The van der Waals surface area contributed by atoms with Gasteiger partial charge in [-0.25, -0.2) is 0 Å². The average Bonchev–Trinajstić information content (AvgIpc) is 2.32. The van der Waals surface area contributed by atoms with Crippen molar-refractivity contribution in [3.05, 3.63) is 23.8 Å². The number of aliphatic hydroxyl groups excluding tert-OH is 1. The molecular weight excluding hydrogens is 236 g/mol. The smallest absolute Gasteiger partial charge is 0.225 e. The molecular formula is C12H12N2O4. The molecule has 1 atom stereocenters. The van der Waals surface area contributed by atoms with Crippen LogP contribution in [0.25, 0.3) is 0 Å². The molecule has 94 valence electrons. The minimum Gasteiger partial charge on any atom is -0.393 e. The van der Waals surface area contributed by atoms with E-state index in [-0.39, 0.29) is 6.42 Å². The first-order valence-corrected chi connectivity index (χ1v) is 5.20. The first kappa shape index (κ1) is 13.8. The van der Waals surface area contributed by atoms with E-state index in [1.54, 1.807) is 0 Å². The van der Waals surface area contributed by atoms with Crippen LogP contribution >= 0.6 is 0 Å². The fourth-order valence-electron chi connectivity index (χ4n) is 1.59. The van der Waals surface area contributed by atoms with Gasteiger partial charge in [-0.2, -0.15) is 5.26 Å². The van der Waals surface area contributed by atoms with Crippen LogP contribution in [-0.4, -0.2) is 34.7 Å². The Morgan fingerprint density at radius 1 is 1.44 bits per heavy atom. The number of hydrogen-bond donors (Lipinski definition) is 2. The number of nitrogens with zero attached hydrogens (tertiary/aromatic N) is 1. The summed E-state index contributed by atoms with van der Waals surface area (Å²) in [4.78, 5) is 33.1. The van der Waals surface area contributed by atoms with Gasteiger partial charge in [-0.05, 0) is 17.7 Å². The highest BCUT2D eigenvalue weighted by molar-refractivity contribution is 6.46. The molecule has 1 amide bonds. The molecule has 0 aromatic rings. The summed E-state index contributed by atoms with van der Waals surface area (Å²) < 4.78 is 0. The van der Waals surface area contributed by atoms with Crippen LogP contribution in [0.2, 0.25) is 0 Å². The van der Waals surface area contributed by atoms with Crippen molar-refractivity contribution in [2.45, 2.75) is 18.9 Å². The molecule has 0 spiro atoms. The molecule has 1 aliphatic rings. The lowest BCUT2D eigenvalue weighted by atomic mass is 9.89. The van der Waals surface area contributed by atoms with E-state index < -0.39 is 29.6 Å². The van der Waals surface area contributed by atoms with Crippen LogP contribution in [0.4, 0.5) is 0 Å². The average molecular weight is 248 g/mol. The third kappa shape index (κ3) is 3.12. The summed E-state index contributed by atoms with van der Waals surface area (Å²) in [6.45, 7) is 0.637. The van der Waals surface area contributed by atoms with E-state index in [0.29, 0.717) is 5.57 Å². The summed E-state index contributed by atoms with van der Waals surface area (Å²) in [6, 6.07) is 1.82. The lowest BCUT2D eigenvalue weighted by Crippen LogP contribution is -2.49. The van der Waals surface area contributed by atoms with Crippen molar-refractivity contribution in [3.63, 3.8) is 0 Å². The summed E-state index contributed by atoms with van der Waals surface area (Å²) >= 11 is 0. The topological polar surface area (TPSA) is 107 Å². The number of carbonyl (C=O) groups is 3. The van der Waals surface area contributed by atoms with Crippen LogP contribution in [0.3, 0.4) is 0 Å². The zero-order chi connectivity index (χ0) is 13.8. The molecule has 0 aromatic carbocycles. The summed E-state index contributed by atoms with van der Waals surface area (Å²) in [6.07, 6.45) is 3.55. The Kier molecular flexibility index (Phi) is 4.13. The van der Waals surface area contributed by atoms with Crippen molar-refractivity contribution in [3.8, 4) is 6.07 Å². The van der Waals surface area contributed by atoms with Gasteiger partial charge in [0.15, 0.2) is 5.54 Å². The number of allylic oxidation sites excluding steroid dienone is 3. The molecule has 6 heteroatoms. The van der Waals surface area contributed by atoms with Crippen LogP contribution in [0.15, 0.2) is 23.8 Å². The highest BCUT2D eigenvalue weighted by Gasteiger charge is 2.32. The molecule has 0 aromatic heterocycles. The summed E-state index contributed by atoms with van der Waals surface area (Å²) in [5.41, 5.74) is -1.08. The first-order chi connectivity index (χ1) is 8.42. The van der Waals surface area contributed by atoms with Gasteiger partial charge in [-0.1, -0.05) is 6.08 Å². The van der Waals surface area contributed by atoms with Gasteiger partial charge in [0.25, 0.3) is 0 Å². The molecule has 2 N–H and O–H groups in total. The van der Waals surface area contributed by atoms with E-state index >= 15 is 0 Å². The lowest BCUT2D eigenvalue weighted by Gasteiger charge is -2.25. The Hall–Kier alpha value is -2.26. The van der Waals surface area contributed by atoms with Crippen LogP contribution in [-0.2, 0) is 14.4 Å². The van der Waals surface area contributed by atoms with E-state index in [2.05, 4.69) is 5.32 Å². The molecule has 18 heavy (non-hydrogen) atoms. The normalized spacial score (nSPS) is 17.7. The van der Waals surface area contributed by atoms with Crippen molar-refractivity contribution in [2.24, 2.45) is 0 Å². The number of amides is 1. The number of aliphatic hydroxyl groups is 1. The van der Waals surface area contributed by atoms with E-state index in [4.69, 9.17) is 5.26 Å². The summed E-state index contributed by atoms with van der Waals surface area (Å²) in [5.74, 6) is -1.78. The van der Waals surface area contributed by atoms with Gasteiger partial charge < -0.3 is 10.4 Å². The molecule has 0 heterocycles. The largest absolute Gasteiger partial charge is 0.393 e. The Morgan fingerprint density at radius 2 is 2.11 bits per heavy atom. The summed E-state index contributed by atoms with van der Waals surface area (Å²) in [5, 5.41) is 20.6. The first-order valence-electron chi connectivity index (χ1n) is 5.20. The van der Waals surface area contributed by atoms with E-state index in [1.165, 1.54) is 13.0 Å². The third-order valence-corrected chi connectivity index (χ3v) is 2.41. The van der Waals surface area contributed by atoms with Gasteiger partial charge in [0.1, 0.15) is 0 Å². The van der Waals surface area contributed by atoms with Gasteiger partial charge in [-0.3, -0.25) is 14.4 Å². The van der Waals surface area contributed by atoms with Crippen molar-refractivity contribution < 1.29 is 19.5 Å². The molecule has 0 bridgehead atoms. The summed E-state index contributed by atoms with van der Waals surface area (Å²) in [7, 11) is 0. The van der Waals surface area contributed by atoms with E-state index in [9.17, 15) is 19.5 Å². The highest BCUT2D eigenvalue weighted by atomic mass is 16.3. The second-order valence-electron chi connectivity index (χ2n) is 3.99. The molecule has 0 radical (unpaired) electrons. The predicted molar refractivity (Wildman–Crippen MR) is 61.1 cm³/mol. The molecule has 1 rings (SSSR count). The van der Waals surface area contributed by atoms with Crippen LogP contribution in [0.1, 0.15) is 13.3 Å². The van der Waals surface area contributed by atoms with Gasteiger partial charge in [0, 0.05) is 13.3 Å². The zero-order valence-corrected chi connectivity index (χ0v) is 9.77. The number of ketones is 2. The van der Waals surface area contributed by atoms with E-state index in [1.807, 2.05) is 6.07 Å². The van der Waals surface area contributed by atoms with E-state index in [0.717, 1.165) is 12.2 Å².